The second-order valence-corrected chi connectivity index (χ2v) is 5.12. The molecule has 1 heterocycles. The highest BCUT2D eigenvalue weighted by atomic mass is 32.1. The lowest BCUT2D eigenvalue weighted by atomic mass is 10.2. The summed E-state index contributed by atoms with van der Waals surface area (Å²) < 4.78 is 0. The predicted octanol–water partition coefficient (Wildman–Crippen LogP) is 1.46. The predicted molar refractivity (Wildman–Crippen MR) is 69.1 cm³/mol. The second-order valence-electron chi connectivity index (χ2n) is 4.03. The van der Waals surface area contributed by atoms with Crippen LogP contribution in [-0.4, -0.2) is 36.8 Å². The fourth-order valence-electron chi connectivity index (χ4n) is 1.27. The molecular weight excluding hydrogens is 222 g/mol. The Hall–Kier alpha value is -0.650. The first kappa shape index (κ1) is 13.4. The zero-order chi connectivity index (χ0) is 12.0. The van der Waals surface area contributed by atoms with Crippen LogP contribution in [0.3, 0.4) is 0 Å². The van der Waals surface area contributed by atoms with Crippen LogP contribution in [0, 0.1) is 0 Å². The van der Waals surface area contributed by atoms with Gasteiger partial charge in [-0.15, -0.1) is 11.3 Å². The fraction of sp³-hybridized carbons (Fsp3) is 0.727. The van der Waals surface area contributed by atoms with Crippen LogP contribution in [0.1, 0.15) is 24.6 Å². The van der Waals surface area contributed by atoms with Gasteiger partial charge >= 0.3 is 0 Å². The number of aliphatic hydroxyl groups excluding tert-OH is 1. The van der Waals surface area contributed by atoms with Crippen LogP contribution in [0.4, 0.5) is 5.13 Å². The number of thiazole rings is 1. The highest BCUT2D eigenvalue weighted by Gasteiger charge is 2.03. The molecular formula is C11H21N3OS. The summed E-state index contributed by atoms with van der Waals surface area (Å²) in [6.45, 7) is 3.68. The van der Waals surface area contributed by atoms with Crippen molar-refractivity contribution in [1.29, 1.82) is 0 Å². The summed E-state index contributed by atoms with van der Waals surface area (Å²) in [6.07, 6.45) is 3.37. The van der Waals surface area contributed by atoms with Crippen molar-refractivity contribution in [2.45, 2.75) is 32.4 Å². The third kappa shape index (κ3) is 4.47. The average Bonchev–Trinajstić information content (AvgIpc) is 2.72. The summed E-state index contributed by atoms with van der Waals surface area (Å²) in [5.74, 6) is 0. The molecule has 2 N–H and O–H groups in total. The number of nitrogens with zero attached hydrogens (tertiary/aromatic N) is 2. The SMILES string of the molecule is CCC(O)CCNCc1cnc(N(C)C)s1. The highest BCUT2D eigenvalue weighted by molar-refractivity contribution is 7.15. The second kappa shape index (κ2) is 6.83. The van der Waals surface area contributed by atoms with E-state index in [-0.39, 0.29) is 6.10 Å². The number of aliphatic hydroxyl groups is 1. The average molecular weight is 243 g/mol. The molecule has 0 fully saturated rings. The first-order valence-corrected chi connectivity index (χ1v) is 6.46. The van der Waals surface area contributed by atoms with E-state index in [4.69, 9.17) is 0 Å². The maximum absolute atomic E-state index is 9.38. The van der Waals surface area contributed by atoms with Gasteiger partial charge < -0.3 is 15.3 Å². The van der Waals surface area contributed by atoms with E-state index in [2.05, 4.69) is 10.3 Å². The van der Waals surface area contributed by atoms with E-state index in [0.717, 1.165) is 31.1 Å². The molecule has 0 aliphatic carbocycles. The Kier molecular flexibility index (Phi) is 5.73. The van der Waals surface area contributed by atoms with Crippen LogP contribution in [0.15, 0.2) is 6.20 Å². The van der Waals surface area contributed by atoms with Gasteiger partial charge in [-0.1, -0.05) is 6.92 Å². The minimum absolute atomic E-state index is 0.175. The summed E-state index contributed by atoms with van der Waals surface area (Å²) in [4.78, 5) is 7.54. The molecule has 4 nitrogen and oxygen atoms in total. The summed E-state index contributed by atoms with van der Waals surface area (Å²) in [7, 11) is 3.99. The van der Waals surface area contributed by atoms with Gasteiger partial charge in [0.15, 0.2) is 5.13 Å². The topological polar surface area (TPSA) is 48.4 Å². The Bertz CT molecular complexity index is 301. The first-order valence-electron chi connectivity index (χ1n) is 5.64. The van der Waals surface area contributed by atoms with Gasteiger partial charge in [0, 0.05) is 31.7 Å². The third-order valence-corrected chi connectivity index (χ3v) is 3.51. The summed E-state index contributed by atoms with van der Waals surface area (Å²) in [6, 6.07) is 0. The zero-order valence-corrected chi connectivity index (χ0v) is 11.0. The molecule has 1 rings (SSSR count). The molecule has 1 atom stereocenters. The molecule has 0 radical (unpaired) electrons. The van der Waals surface area contributed by atoms with E-state index in [1.165, 1.54) is 4.88 Å². The van der Waals surface area contributed by atoms with Gasteiger partial charge in [0.2, 0.25) is 0 Å². The Morgan fingerprint density at radius 1 is 1.56 bits per heavy atom. The molecule has 5 heteroatoms. The van der Waals surface area contributed by atoms with Crippen molar-refractivity contribution in [3.63, 3.8) is 0 Å². The van der Waals surface area contributed by atoms with Crippen LogP contribution in [0.2, 0.25) is 0 Å². The van der Waals surface area contributed by atoms with E-state index >= 15 is 0 Å². The minimum Gasteiger partial charge on any atom is -0.393 e. The van der Waals surface area contributed by atoms with E-state index in [1.807, 2.05) is 32.1 Å². The number of nitrogens with one attached hydrogen (secondary N) is 1. The summed E-state index contributed by atoms with van der Waals surface area (Å²) in [5.41, 5.74) is 0. The molecule has 1 aromatic heterocycles. The van der Waals surface area contributed by atoms with Crippen LogP contribution >= 0.6 is 11.3 Å². The maximum atomic E-state index is 9.38. The van der Waals surface area contributed by atoms with Gasteiger partial charge in [0.1, 0.15) is 0 Å². The Labute approximate surface area is 101 Å². The number of aromatic nitrogens is 1. The number of anilines is 1. The summed E-state index contributed by atoms with van der Waals surface area (Å²) >= 11 is 1.70. The Morgan fingerprint density at radius 2 is 2.31 bits per heavy atom. The smallest absolute Gasteiger partial charge is 0.185 e. The molecule has 0 aromatic carbocycles. The van der Waals surface area contributed by atoms with Crippen molar-refractivity contribution in [2.75, 3.05) is 25.5 Å². The molecule has 0 amide bonds. The van der Waals surface area contributed by atoms with Crippen LogP contribution in [0.5, 0.6) is 0 Å². The standard InChI is InChI=1S/C11H21N3OS/c1-4-9(15)5-6-12-7-10-8-13-11(16-10)14(2)3/h8-9,12,15H,4-7H2,1-3H3. The van der Waals surface area contributed by atoms with Crippen molar-refractivity contribution in [3.05, 3.63) is 11.1 Å². The van der Waals surface area contributed by atoms with Crippen molar-refractivity contribution in [1.82, 2.24) is 10.3 Å². The quantitative estimate of drug-likeness (QED) is 0.712. The van der Waals surface area contributed by atoms with Crippen molar-refractivity contribution < 1.29 is 5.11 Å². The fourth-order valence-corrected chi connectivity index (χ4v) is 2.07. The van der Waals surface area contributed by atoms with Gasteiger partial charge in [-0.25, -0.2) is 4.98 Å². The van der Waals surface area contributed by atoms with Gasteiger partial charge in [-0.05, 0) is 19.4 Å². The largest absolute Gasteiger partial charge is 0.393 e. The van der Waals surface area contributed by atoms with Gasteiger partial charge in [0.05, 0.1) is 6.10 Å². The number of hydrogen-bond donors (Lipinski definition) is 2. The van der Waals surface area contributed by atoms with Crippen molar-refractivity contribution in [3.8, 4) is 0 Å². The van der Waals surface area contributed by atoms with Crippen LogP contribution in [-0.2, 0) is 6.54 Å². The highest BCUT2D eigenvalue weighted by Crippen LogP contribution is 2.19. The van der Waals surface area contributed by atoms with E-state index in [9.17, 15) is 5.11 Å². The molecule has 0 aliphatic rings. The van der Waals surface area contributed by atoms with E-state index < -0.39 is 0 Å². The van der Waals surface area contributed by atoms with Crippen molar-refractivity contribution >= 4 is 16.5 Å². The van der Waals surface area contributed by atoms with Gasteiger partial charge in [-0.3, -0.25) is 0 Å². The van der Waals surface area contributed by atoms with E-state index in [1.54, 1.807) is 11.3 Å². The molecule has 0 bridgehead atoms. The number of hydrogen-bond acceptors (Lipinski definition) is 5. The first-order chi connectivity index (χ1) is 7.63. The zero-order valence-electron chi connectivity index (χ0n) is 10.2. The molecule has 16 heavy (non-hydrogen) atoms. The normalized spacial score (nSPS) is 12.8. The number of rotatable bonds is 7. The lowest BCUT2D eigenvalue weighted by Gasteiger charge is -2.07. The molecule has 0 aliphatic heterocycles. The molecule has 1 unspecified atom stereocenters. The van der Waals surface area contributed by atoms with Crippen molar-refractivity contribution in [2.24, 2.45) is 0 Å². The van der Waals surface area contributed by atoms with E-state index in [0.29, 0.717) is 0 Å². The third-order valence-electron chi connectivity index (χ3n) is 2.35. The van der Waals surface area contributed by atoms with Gasteiger partial charge in [-0.2, -0.15) is 0 Å². The minimum atomic E-state index is -0.175. The monoisotopic (exact) mass is 243 g/mol. The molecule has 0 saturated carbocycles. The maximum Gasteiger partial charge on any atom is 0.185 e. The molecule has 92 valence electrons. The molecule has 1 aromatic rings. The molecule has 0 saturated heterocycles. The lowest BCUT2D eigenvalue weighted by molar-refractivity contribution is 0.160. The molecule has 0 spiro atoms. The van der Waals surface area contributed by atoms with Gasteiger partial charge in [0.25, 0.3) is 0 Å². The Morgan fingerprint density at radius 3 is 2.88 bits per heavy atom. The Balaban J connectivity index is 2.21. The summed E-state index contributed by atoms with van der Waals surface area (Å²) in [5, 5.41) is 13.7. The lowest BCUT2D eigenvalue weighted by Crippen LogP contribution is -2.19. The van der Waals surface area contributed by atoms with Crippen LogP contribution < -0.4 is 10.2 Å². The van der Waals surface area contributed by atoms with Crippen LogP contribution in [0.25, 0.3) is 0 Å².